The lowest BCUT2D eigenvalue weighted by molar-refractivity contribution is 0.409. The Bertz CT molecular complexity index is 315. The molecular formula is C10H14N2. The Morgan fingerprint density at radius 1 is 1.67 bits per heavy atom. The number of imidazole rings is 1. The zero-order chi connectivity index (χ0) is 8.18. The van der Waals surface area contributed by atoms with Crippen molar-refractivity contribution in [1.29, 1.82) is 0 Å². The normalized spacial score (nSPS) is 38.2. The van der Waals surface area contributed by atoms with Gasteiger partial charge in [0.15, 0.2) is 0 Å². The molecule has 2 aliphatic rings. The molecule has 0 radical (unpaired) electrons. The van der Waals surface area contributed by atoms with E-state index in [1.807, 2.05) is 6.20 Å². The number of aromatic nitrogens is 2. The molecule has 1 fully saturated rings. The number of fused-ring (bicyclic) bond motifs is 2. The van der Waals surface area contributed by atoms with Crippen molar-refractivity contribution >= 4 is 0 Å². The molecule has 1 aromatic rings. The highest BCUT2D eigenvalue weighted by atomic mass is 15.1. The first kappa shape index (κ1) is 6.70. The molecule has 1 saturated carbocycles. The number of rotatable bonds is 0. The molecule has 1 aromatic heterocycles. The Labute approximate surface area is 72.6 Å². The van der Waals surface area contributed by atoms with E-state index in [2.05, 4.69) is 22.7 Å². The third-order valence-corrected chi connectivity index (χ3v) is 3.64. The van der Waals surface area contributed by atoms with Gasteiger partial charge in [-0.05, 0) is 25.2 Å². The topological polar surface area (TPSA) is 17.8 Å². The summed E-state index contributed by atoms with van der Waals surface area (Å²) in [7, 11) is 0. The largest absolute Gasteiger partial charge is 0.334 e. The molecule has 12 heavy (non-hydrogen) atoms. The monoisotopic (exact) mass is 162 g/mol. The van der Waals surface area contributed by atoms with E-state index in [9.17, 15) is 0 Å². The van der Waals surface area contributed by atoms with Crippen LogP contribution >= 0.6 is 0 Å². The van der Waals surface area contributed by atoms with Gasteiger partial charge in [0.05, 0.1) is 0 Å². The smallest absolute Gasteiger partial charge is 0.115 e. The first-order valence-electron chi connectivity index (χ1n) is 4.84. The Morgan fingerprint density at radius 2 is 2.50 bits per heavy atom. The van der Waals surface area contributed by atoms with Gasteiger partial charge >= 0.3 is 0 Å². The van der Waals surface area contributed by atoms with Gasteiger partial charge in [-0.2, -0.15) is 0 Å². The summed E-state index contributed by atoms with van der Waals surface area (Å²) in [5.41, 5.74) is 0.502. The molecule has 1 spiro atoms. The van der Waals surface area contributed by atoms with Crippen LogP contribution in [0, 0.1) is 5.92 Å². The maximum atomic E-state index is 4.49. The fourth-order valence-corrected chi connectivity index (χ4v) is 2.75. The molecule has 64 valence electrons. The summed E-state index contributed by atoms with van der Waals surface area (Å²) in [6.45, 7) is 3.54. The predicted octanol–water partition coefficient (Wildman–Crippen LogP) is 1.95. The van der Waals surface area contributed by atoms with E-state index >= 15 is 0 Å². The van der Waals surface area contributed by atoms with Crippen LogP contribution in [0.15, 0.2) is 12.4 Å². The maximum Gasteiger partial charge on any atom is 0.115 e. The second-order valence-electron chi connectivity index (χ2n) is 4.31. The highest BCUT2D eigenvalue weighted by Gasteiger charge is 2.55. The molecule has 0 bridgehead atoms. The average Bonchev–Trinajstić information content (AvgIpc) is 2.53. The minimum absolute atomic E-state index is 0.502. The molecular weight excluding hydrogens is 148 g/mol. The molecule has 2 unspecified atom stereocenters. The van der Waals surface area contributed by atoms with Gasteiger partial charge in [0.25, 0.3) is 0 Å². The number of hydrogen-bond donors (Lipinski definition) is 0. The fourth-order valence-electron chi connectivity index (χ4n) is 2.75. The Hall–Kier alpha value is -0.790. The second kappa shape index (κ2) is 1.93. The van der Waals surface area contributed by atoms with E-state index in [0.717, 1.165) is 5.92 Å². The van der Waals surface area contributed by atoms with Crippen molar-refractivity contribution in [2.75, 3.05) is 0 Å². The molecule has 1 aliphatic carbocycles. The Balaban J connectivity index is 2.11. The van der Waals surface area contributed by atoms with Crippen LogP contribution in [0.25, 0.3) is 0 Å². The van der Waals surface area contributed by atoms with Gasteiger partial charge in [-0.15, -0.1) is 0 Å². The summed E-state index contributed by atoms with van der Waals surface area (Å²) >= 11 is 0. The van der Waals surface area contributed by atoms with Crippen LogP contribution in [0.4, 0.5) is 0 Å². The van der Waals surface area contributed by atoms with E-state index in [1.54, 1.807) is 0 Å². The van der Waals surface area contributed by atoms with Crippen molar-refractivity contribution in [3.63, 3.8) is 0 Å². The Kier molecular flexibility index (Phi) is 1.07. The molecule has 0 N–H and O–H groups in total. The number of hydrogen-bond acceptors (Lipinski definition) is 1. The van der Waals surface area contributed by atoms with Crippen LogP contribution in [0.5, 0.6) is 0 Å². The number of nitrogens with zero attached hydrogens (tertiary/aromatic N) is 2. The highest BCUT2D eigenvalue weighted by molar-refractivity contribution is 5.24. The lowest BCUT2D eigenvalue weighted by Crippen LogP contribution is -2.22. The minimum atomic E-state index is 0.502. The Morgan fingerprint density at radius 3 is 3.25 bits per heavy atom. The highest BCUT2D eigenvalue weighted by Crippen LogP contribution is 2.57. The van der Waals surface area contributed by atoms with Gasteiger partial charge in [0, 0.05) is 24.4 Å². The molecule has 0 saturated heterocycles. The zero-order valence-corrected chi connectivity index (χ0v) is 7.45. The van der Waals surface area contributed by atoms with E-state index in [1.165, 1.54) is 31.6 Å². The van der Waals surface area contributed by atoms with E-state index in [4.69, 9.17) is 0 Å². The maximum absolute atomic E-state index is 4.49. The number of aryl methyl sites for hydroxylation is 1. The van der Waals surface area contributed by atoms with Crippen molar-refractivity contribution < 1.29 is 0 Å². The average molecular weight is 162 g/mol. The standard InChI is InChI=1S/C10H14N2/c1-8-7-10(8)3-2-5-12-6-4-11-9(10)12/h4,6,8H,2-3,5,7H2,1H3. The molecule has 0 aromatic carbocycles. The van der Waals surface area contributed by atoms with Gasteiger partial charge in [0.2, 0.25) is 0 Å². The van der Waals surface area contributed by atoms with E-state index in [0.29, 0.717) is 5.41 Å². The molecule has 1 aliphatic heterocycles. The summed E-state index contributed by atoms with van der Waals surface area (Å²) in [6.07, 6.45) is 8.15. The first-order chi connectivity index (χ1) is 5.83. The SMILES string of the molecule is CC1CC12CCCn1ccnc12. The molecule has 2 heterocycles. The second-order valence-corrected chi connectivity index (χ2v) is 4.31. The van der Waals surface area contributed by atoms with Crippen LogP contribution in [-0.4, -0.2) is 9.55 Å². The fraction of sp³-hybridized carbons (Fsp3) is 0.700. The molecule has 2 nitrogen and oxygen atoms in total. The van der Waals surface area contributed by atoms with Crippen LogP contribution < -0.4 is 0 Å². The lowest BCUT2D eigenvalue weighted by atomic mass is 9.93. The van der Waals surface area contributed by atoms with Crippen molar-refractivity contribution in [2.45, 2.75) is 38.1 Å². The van der Waals surface area contributed by atoms with Crippen molar-refractivity contribution in [1.82, 2.24) is 9.55 Å². The lowest BCUT2D eigenvalue weighted by Gasteiger charge is -2.23. The quantitative estimate of drug-likeness (QED) is 0.570. The third kappa shape index (κ3) is 0.637. The van der Waals surface area contributed by atoms with Crippen LogP contribution in [-0.2, 0) is 12.0 Å². The summed E-state index contributed by atoms with van der Waals surface area (Å²) in [4.78, 5) is 4.49. The van der Waals surface area contributed by atoms with E-state index in [-0.39, 0.29) is 0 Å². The van der Waals surface area contributed by atoms with Crippen molar-refractivity contribution in [3.8, 4) is 0 Å². The van der Waals surface area contributed by atoms with Crippen molar-refractivity contribution in [2.24, 2.45) is 5.92 Å². The molecule has 0 amide bonds. The van der Waals surface area contributed by atoms with Gasteiger partial charge in [0.1, 0.15) is 5.82 Å². The van der Waals surface area contributed by atoms with Gasteiger partial charge in [-0.25, -0.2) is 4.98 Å². The third-order valence-electron chi connectivity index (χ3n) is 3.64. The summed E-state index contributed by atoms with van der Waals surface area (Å²) < 4.78 is 2.34. The van der Waals surface area contributed by atoms with Gasteiger partial charge < -0.3 is 4.57 Å². The summed E-state index contributed by atoms with van der Waals surface area (Å²) in [6, 6.07) is 0. The zero-order valence-electron chi connectivity index (χ0n) is 7.45. The molecule has 2 atom stereocenters. The molecule has 2 heteroatoms. The van der Waals surface area contributed by atoms with Gasteiger partial charge in [-0.1, -0.05) is 6.92 Å². The van der Waals surface area contributed by atoms with Gasteiger partial charge in [-0.3, -0.25) is 0 Å². The summed E-state index contributed by atoms with van der Waals surface area (Å²) in [5, 5.41) is 0. The summed E-state index contributed by atoms with van der Waals surface area (Å²) in [5.74, 6) is 2.24. The van der Waals surface area contributed by atoms with E-state index < -0.39 is 0 Å². The predicted molar refractivity (Wildman–Crippen MR) is 46.9 cm³/mol. The minimum Gasteiger partial charge on any atom is -0.334 e. The van der Waals surface area contributed by atoms with Crippen LogP contribution in [0.2, 0.25) is 0 Å². The van der Waals surface area contributed by atoms with Crippen molar-refractivity contribution in [3.05, 3.63) is 18.2 Å². The van der Waals surface area contributed by atoms with Crippen LogP contribution in [0.1, 0.15) is 32.0 Å². The first-order valence-corrected chi connectivity index (χ1v) is 4.84. The van der Waals surface area contributed by atoms with Crippen LogP contribution in [0.3, 0.4) is 0 Å². The molecule has 3 rings (SSSR count).